The molecule has 0 saturated heterocycles. The molecule has 7 heteroatoms. The summed E-state index contributed by atoms with van der Waals surface area (Å²) in [5.41, 5.74) is 4.83. The molecule has 2 atom stereocenters. The molecule has 0 spiro atoms. The summed E-state index contributed by atoms with van der Waals surface area (Å²) in [7, 11) is 3.58. The summed E-state index contributed by atoms with van der Waals surface area (Å²) in [6.45, 7) is 8.52. The Hall–Kier alpha value is -3.74. The van der Waals surface area contributed by atoms with Crippen molar-refractivity contribution >= 4 is 23.0 Å². The highest BCUT2D eigenvalue weighted by molar-refractivity contribution is 6.03. The molecule has 0 aliphatic heterocycles. The van der Waals surface area contributed by atoms with Crippen LogP contribution in [0.5, 0.6) is 0 Å². The number of aromatic nitrogens is 2. The van der Waals surface area contributed by atoms with E-state index < -0.39 is 0 Å². The highest BCUT2D eigenvalue weighted by atomic mass is 16.2. The lowest BCUT2D eigenvalue weighted by molar-refractivity contribution is -0.117. The molecule has 38 heavy (non-hydrogen) atoms. The Balaban J connectivity index is 1.79. The van der Waals surface area contributed by atoms with Gasteiger partial charge in [-0.3, -0.25) is 14.6 Å². The molecule has 0 fully saturated rings. The van der Waals surface area contributed by atoms with Gasteiger partial charge >= 0.3 is 0 Å². The maximum atomic E-state index is 13.7. The van der Waals surface area contributed by atoms with Gasteiger partial charge in [-0.2, -0.15) is 5.10 Å². The topological polar surface area (TPSA) is 79.1 Å². The number of carbonyl (C=O) groups is 2. The molecule has 2 amide bonds. The van der Waals surface area contributed by atoms with Gasteiger partial charge in [0.2, 0.25) is 5.91 Å². The summed E-state index contributed by atoms with van der Waals surface area (Å²) < 4.78 is 1.75. The second-order valence-corrected chi connectivity index (χ2v) is 10.0. The van der Waals surface area contributed by atoms with Crippen molar-refractivity contribution in [3.63, 3.8) is 0 Å². The Morgan fingerprint density at radius 3 is 2.55 bits per heavy atom. The van der Waals surface area contributed by atoms with Crippen LogP contribution in [0.15, 0.2) is 71.4 Å². The van der Waals surface area contributed by atoms with Crippen molar-refractivity contribution in [2.45, 2.75) is 59.4 Å². The minimum absolute atomic E-state index is 0.0666. The van der Waals surface area contributed by atoms with Gasteiger partial charge in [0.05, 0.1) is 16.8 Å². The van der Waals surface area contributed by atoms with Gasteiger partial charge in [0.25, 0.3) is 5.91 Å². The van der Waals surface area contributed by atoms with E-state index in [1.165, 1.54) is 0 Å². The highest BCUT2D eigenvalue weighted by Gasteiger charge is 2.26. The lowest BCUT2D eigenvalue weighted by Gasteiger charge is -2.29. The van der Waals surface area contributed by atoms with Crippen molar-refractivity contribution in [3.8, 4) is 0 Å². The first-order valence-corrected chi connectivity index (χ1v) is 13.4. The van der Waals surface area contributed by atoms with Crippen molar-refractivity contribution in [1.82, 2.24) is 19.8 Å². The lowest BCUT2D eigenvalue weighted by Crippen LogP contribution is -2.41. The average Bonchev–Trinajstić information content (AvgIpc) is 3.27. The number of pyridine rings is 1. The first kappa shape index (κ1) is 28.8. The Labute approximate surface area is 226 Å². The fourth-order valence-electron chi connectivity index (χ4n) is 4.56. The fraction of sp³-hybridized carbons (Fsp3) is 0.419. The van der Waals surface area contributed by atoms with Crippen LogP contribution in [0.4, 0.5) is 0 Å². The molecule has 0 aliphatic carbocycles. The molecule has 1 unspecified atom stereocenters. The van der Waals surface area contributed by atoms with Crippen LogP contribution in [0.3, 0.4) is 0 Å². The third-order valence-electron chi connectivity index (χ3n) is 7.17. The minimum atomic E-state index is -0.107. The molecular formula is C31H41N5O2. The van der Waals surface area contributed by atoms with Gasteiger partial charge in [0.15, 0.2) is 0 Å². The number of allylic oxidation sites excluding steroid dienone is 1. The van der Waals surface area contributed by atoms with Crippen molar-refractivity contribution < 1.29 is 9.59 Å². The molecule has 2 aromatic heterocycles. The maximum absolute atomic E-state index is 13.7. The fourth-order valence-corrected chi connectivity index (χ4v) is 4.56. The number of hydrogen-bond acceptors (Lipinski definition) is 4. The zero-order valence-electron chi connectivity index (χ0n) is 23.6. The Bertz CT molecular complexity index is 1290. The van der Waals surface area contributed by atoms with Crippen LogP contribution < -0.4 is 5.32 Å². The van der Waals surface area contributed by atoms with Crippen LogP contribution in [0.25, 0.3) is 5.52 Å². The Morgan fingerprint density at radius 2 is 1.87 bits per heavy atom. The number of aryl methyl sites for hydroxylation is 1. The van der Waals surface area contributed by atoms with E-state index in [1.807, 2.05) is 69.6 Å². The van der Waals surface area contributed by atoms with Gasteiger partial charge in [0, 0.05) is 44.2 Å². The summed E-state index contributed by atoms with van der Waals surface area (Å²) in [5.74, 6) is 0.266. The van der Waals surface area contributed by atoms with E-state index in [-0.39, 0.29) is 17.9 Å². The van der Waals surface area contributed by atoms with Crippen LogP contribution in [-0.4, -0.2) is 58.7 Å². The predicted octanol–water partition coefficient (Wildman–Crippen LogP) is 5.29. The van der Waals surface area contributed by atoms with Gasteiger partial charge in [-0.15, -0.1) is 0 Å². The second-order valence-electron chi connectivity index (χ2n) is 10.0. The number of nitrogens with zero attached hydrogens (tertiary/aromatic N) is 4. The third-order valence-corrected chi connectivity index (χ3v) is 7.17. The quantitative estimate of drug-likeness (QED) is 0.263. The molecule has 0 radical (unpaired) electrons. The monoisotopic (exact) mass is 515 g/mol. The van der Waals surface area contributed by atoms with Crippen molar-refractivity contribution in [2.75, 3.05) is 20.6 Å². The van der Waals surface area contributed by atoms with E-state index in [9.17, 15) is 9.59 Å². The largest absolute Gasteiger partial charge is 0.352 e. The number of aliphatic imine (C=N–C) groups is 1. The van der Waals surface area contributed by atoms with Gasteiger partial charge in [-0.05, 0) is 62.8 Å². The predicted molar refractivity (Wildman–Crippen MR) is 155 cm³/mol. The zero-order valence-corrected chi connectivity index (χ0v) is 23.6. The zero-order chi connectivity index (χ0) is 27.7. The molecular weight excluding hydrogens is 474 g/mol. The number of amides is 2. The standard InChI is InChI=1S/C31H41N5O2/c1-7-22(2)19-26(20-23(3)32-5)30(37)33-17-16-27(21-25-13-9-8-10-14-25)35(6)31(38)29-24(4)34-36-18-12-11-15-28(29)36/h8-15,18,20,22,27H,7,16-17,19,21H2,1-6H3,(H,33,37)/b26-20+,32-23?/t22?,27-/m1/s1. The summed E-state index contributed by atoms with van der Waals surface area (Å²) in [4.78, 5) is 32.9. The van der Waals surface area contributed by atoms with Crippen LogP contribution in [-0.2, 0) is 11.2 Å². The van der Waals surface area contributed by atoms with Crippen LogP contribution in [0.2, 0.25) is 0 Å². The molecule has 0 saturated carbocycles. The van der Waals surface area contributed by atoms with Crippen molar-refractivity contribution in [1.29, 1.82) is 0 Å². The van der Waals surface area contributed by atoms with E-state index in [0.717, 1.165) is 28.8 Å². The van der Waals surface area contributed by atoms with E-state index in [1.54, 1.807) is 16.5 Å². The van der Waals surface area contributed by atoms with E-state index in [0.29, 0.717) is 43.0 Å². The average molecular weight is 516 g/mol. The van der Waals surface area contributed by atoms with E-state index >= 15 is 0 Å². The molecule has 2 heterocycles. The van der Waals surface area contributed by atoms with Gasteiger partial charge in [-0.25, -0.2) is 4.52 Å². The maximum Gasteiger partial charge on any atom is 0.257 e. The molecule has 202 valence electrons. The van der Waals surface area contributed by atoms with Crippen molar-refractivity contribution in [3.05, 3.63) is 83.2 Å². The Morgan fingerprint density at radius 1 is 1.16 bits per heavy atom. The van der Waals surface area contributed by atoms with Crippen LogP contribution >= 0.6 is 0 Å². The summed E-state index contributed by atoms with van der Waals surface area (Å²) in [5, 5.41) is 7.63. The highest BCUT2D eigenvalue weighted by Crippen LogP contribution is 2.21. The number of fused-ring (bicyclic) bond motifs is 1. The number of nitrogens with one attached hydrogen (secondary N) is 1. The number of hydrogen-bond donors (Lipinski definition) is 1. The molecule has 7 nitrogen and oxygen atoms in total. The molecule has 1 aromatic carbocycles. The molecule has 0 bridgehead atoms. The molecule has 0 aliphatic rings. The molecule has 3 rings (SSSR count). The van der Waals surface area contributed by atoms with Gasteiger partial charge in [0.1, 0.15) is 0 Å². The first-order valence-electron chi connectivity index (χ1n) is 13.4. The van der Waals surface area contributed by atoms with Crippen molar-refractivity contribution in [2.24, 2.45) is 10.9 Å². The molecule has 1 N–H and O–H groups in total. The van der Waals surface area contributed by atoms with Crippen LogP contribution in [0.1, 0.15) is 61.6 Å². The lowest BCUT2D eigenvalue weighted by atomic mass is 9.97. The van der Waals surface area contributed by atoms with Gasteiger partial charge in [-0.1, -0.05) is 56.7 Å². The second kappa shape index (κ2) is 13.7. The smallest absolute Gasteiger partial charge is 0.257 e. The molecule has 3 aromatic rings. The number of likely N-dealkylation sites (N-methyl/N-ethyl adjacent to an activating group) is 1. The Kier molecular flexibility index (Phi) is 10.4. The minimum Gasteiger partial charge on any atom is -0.352 e. The summed E-state index contributed by atoms with van der Waals surface area (Å²) >= 11 is 0. The number of benzene rings is 1. The normalized spacial score (nSPS) is 13.8. The third kappa shape index (κ3) is 7.40. The van der Waals surface area contributed by atoms with Crippen LogP contribution in [0, 0.1) is 12.8 Å². The first-order chi connectivity index (χ1) is 18.2. The number of carbonyl (C=O) groups excluding carboxylic acids is 2. The SMILES string of the molecule is CCC(C)C/C(=C\C(C)=NC)C(=O)NCC[C@H](Cc1ccccc1)N(C)C(=O)c1c(C)nn2ccccc12. The summed E-state index contributed by atoms with van der Waals surface area (Å²) in [6.07, 6.45) is 6.75. The van der Waals surface area contributed by atoms with E-state index in [2.05, 4.69) is 41.4 Å². The van der Waals surface area contributed by atoms with E-state index in [4.69, 9.17) is 0 Å². The number of rotatable bonds is 12. The summed E-state index contributed by atoms with van der Waals surface area (Å²) in [6, 6.07) is 15.8. The van der Waals surface area contributed by atoms with Gasteiger partial charge < -0.3 is 10.2 Å².